The first-order valence-electron chi connectivity index (χ1n) is 7.83. The molecule has 0 saturated carbocycles. The van der Waals surface area contributed by atoms with Crippen LogP contribution in [0.4, 0.5) is 23.2 Å². The van der Waals surface area contributed by atoms with Crippen LogP contribution < -0.4 is 5.32 Å². The summed E-state index contributed by atoms with van der Waals surface area (Å²) in [6.45, 7) is 0. The van der Waals surface area contributed by atoms with Crippen molar-refractivity contribution in [1.82, 2.24) is 0 Å². The van der Waals surface area contributed by atoms with Crippen molar-refractivity contribution in [3.05, 3.63) is 89.7 Å². The maximum atomic E-state index is 12.9. The molecule has 0 radical (unpaired) electrons. The highest BCUT2D eigenvalue weighted by Crippen LogP contribution is 2.30. The number of hydrogen-bond acceptors (Lipinski definition) is 2. The molecule has 0 bridgehead atoms. The number of anilines is 1. The lowest BCUT2D eigenvalue weighted by molar-refractivity contribution is -0.137. The molecule has 3 aromatic rings. The summed E-state index contributed by atoms with van der Waals surface area (Å²) >= 11 is 1.42. The highest BCUT2D eigenvalue weighted by Gasteiger charge is 2.30. The van der Waals surface area contributed by atoms with Crippen LogP contribution >= 0.6 is 11.8 Å². The minimum atomic E-state index is -4.50. The molecule has 0 aromatic heterocycles. The van der Waals surface area contributed by atoms with Crippen molar-refractivity contribution in [3.63, 3.8) is 0 Å². The molecule has 138 valence electrons. The lowest BCUT2D eigenvalue weighted by atomic mass is 10.1. The zero-order chi connectivity index (χ0) is 19.4. The molecular weight excluding hydrogens is 378 g/mol. The SMILES string of the molecule is O=C(Nc1ccc(Sc2ccc(F)cc2)cc1)c1cccc(C(F)(F)F)c1. The average molecular weight is 391 g/mol. The van der Waals surface area contributed by atoms with Gasteiger partial charge in [0.2, 0.25) is 0 Å². The van der Waals surface area contributed by atoms with Crippen LogP contribution in [0.5, 0.6) is 0 Å². The highest BCUT2D eigenvalue weighted by atomic mass is 32.2. The first-order chi connectivity index (χ1) is 12.8. The molecule has 0 aliphatic heterocycles. The van der Waals surface area contributed by atoms with E-state index in [0.717, 1.165) is 21.9 Å². The Kier molecular flexibility index (Phi) is 5.51. The summed E-state index contributed by atoms with van der Waals surface area (Å²) in [5.74, 6) is -0.938. The van der Waals surface area contributed by atoms with Crippen LogP contribution in [-0.4, -0.2) is 5.91 Å². The van der Waals surface area contributed by atoms with Gasteiger partial charge in [0.25, 0.3) is 5.91 Å². The normalized spacial score (nSPS) is 11.3. The van der Waals surface area contributed by atoms with Crippen LogP contribution in [0.25, 0.3) is 0 Å². The predicted octanol–water partition coefficient (Wildman–Crippen LogP) is 6.25. The molecule has 7 heteroatoms. The fraction of sp³-hybridized carbons (Fsp3) is 0.0500. The Hall–Kier alpha value is -2.80. The molecule has 0 atom stereocenters. The molecule has 27 heavy (non-hydrogen) atoms. The number of nitrogens with one attached hydrogen (secondary N) is 1. The number of benzene rings is 3. The van der Waals surface area contributed by atoms with E-state index in [9.17, 15) is 22.4 Å². The predicted molar refractivity (Wildman–Crippen MR) is 96.4 cm³/mol. The molecule has 3 rings (SSSR count). The molecule has 2 nitrogen and oxygen atoms in total. The van der Waals surface area contributed by atoms with Crippen molar-refractivity contribution in [3.8, 4) is 0 Å². The molecule has 1 amide bonds. The molecular formula is C20H13F4NOS. The largest absolute Gasteiger partial charge is 0.416 e. The van der Waals surface area contributed by atoms with Gasteiger partial charge in [-0.1, -0.05) is 17.8 Å². The van der Waals surface area contributed by atoms with Crippen LogP contribution in [0, 0.1) is 5.82 Å². The molecule has 3 aromatic carbocycles. The van der Waals surface area contributed by atoms with Gasteiger partial charge in [0.05, 0.1) is 5.56 Å². The minimum absolute atomic E-state index is 0.0745. The lowest BCUT2D eigenvalue weighted by Crippen LogP contribution is -2.13. The van der Waals surface area contributed by atoms with Gasteiger partial charge in [0.1, 0.15) is 5.82 Å². The summed E-state index contributed by atoms with van der Waals surface area (Å²) in [5, 5.41) is 2.57. The van der Waals surface area contributed by atoms with E-state index in [2.05, 4.69) is 5.32 Å². The van der Waals surface area contributed by atoms with Crippen molar-refractivity contribution >= 4 is 23.4 Å². The van der Waals surface area contributed by atoms with E-state index < -0.39 is 17.6 Å². The fourth-order valence-electron chi connectivity index (χ4n) is 2.29. The van der Waals surface area contributed by atoms with Crippen LogP contribution in [0.1, 0.15) is 15.9 Å². The van der Waals surface area contributed by atoms with E-state index >= 15 is 0 Å². The summed E-state index contributed by atoms with van der Waals surface area (Å²) in [4.78, 5) is 13.9. The summed E-state index contributed by atoms with van der Waals surface area (Å²) < 4.78 is 51.2. The van der Waals surface area contributed by atoms with E-state index in [1.54, 1.807) is 36.4 Å². The van der Waals surface area contributed by atoms with Gasteiger partial charge < -0.3 is 5.32 Å². The number of hydrogen-bond donors (Lipinski definition) is 1. The third-order valence-electron chi connectivity index (χ3n) is 3.61. The summed E-state index contributed by atoms with van der Waals surface area (Å²) in [6, 6.07) is 17.1. The number of alkyl halides is 3. The van der Waals surface area contributed by atoms with Gasteiger partial charge in [0, 0.05) is 21.0 Å². The quantitative estimate of drug-likeness (QED) is 0.533. The fourth-order valence-corrected chi connectivity index (χ4v) is 3.10. The number of amides is 1. The lowest BCUT2D eigenvalue weighted by Gasteiger charge is -2.10. The Bertz CT molecular complexity index is 937. The van der Waals surface area contributed by atoms with Crippen molar-refractivity contribution in [1.29, 1.82) is 0 Å². The second-order valence-corrected chi connectivity index (χ2v) is 6.76. The van der Waals surface area contributed by atoms with E-state index in [1.807, 2.05) is 0 Å². The maximum absolute atomic E-state index is 12.9. The third-order valence-corrected chi connectivity index (χ3v) is 4.63. The number of halogens is 4. The number of carbonyl (C=O) groups excluding carboxylic acids is 1. The molecule has 0 fully saturated rings. The molecule has 1 N–H and O–H groups in total. The van der Waals surface area contributed by atoms with Gasteiger partial charge in [-0.3, -0.25) is 4.79 Å². The molecule has 0 aliphatic carbocycles. The zero-order valence-corrected chi connectivity index (χ0v) is 14.6. The maximum Gasteiger partial charge on any atom is 0.416 e. The van der Waals surface area contributed by atoms with E-state index in [-0.39, 0.29) is 11.4 Å². The Morgan fingerprint density at radius 3 is 2.04 bits per heavy atom. The van der Waals surface area contributed by atoms with Gasteiger partial charge in [0.15, 0.2) is 0 Å². The smallest absolute Gasteiger partial charge is 0.322 e. The minimum Gasteiger partial charge on any atom is -0.322 e. The van der Waals surface area contributed by atoms with E-state index in [1.165, 1.54) is 36.0 Å². The standard InChI is InChI=1S/C20H13F4NOS/c21-15-4-8-17(9-5-15)27-18-10-6-16(7-11-18)25-19(26)13-2-1-3-14(12-13)20(22,23)24/h1-12H,(H,25,26). The van der Waals surface area contributed by atoms with Crippen LogP contribution in [0.15, 0.2) is 82.6 Å². The van der Waals surface area contributed by atoms with Gasteiger partial charge in [-0.2, -0.15) is 13.2 Å². The van der Waals surface area contributed by atoms with Crippen molar-refractivity contribution in [2.45, 2.75) is 16.0 Å². The molecule has 0 spiro atoms. The van der Waals surface area contributed by atoms with Crippen LogP contribution in [0.2, 0.25) is 0 Å². The second-order valence-electron chi connectivity index (χ2n) is 5.61. The van der Waals surface area contributed by atoms with Gasteiger partial charge >= 0.3 is 6.18 Å². The topological polar surface area (TPSA) is 29.1 Å². The first-order valence-corrected chi connectivity index (χ1v) is 8.65. The monoisotopic (exact) mass is 391 g/mol. The molecule has 0 saturated heterocycles. The highest BCUT2D eigenvalue weighted by molar-refractivity contribution is 7.99. The van der Waals surface area contributed by atoms with E-state index in [0.29, 0.717) is 5.69 Å². The Labute approximate surface area is 157 Å². The van der Waals surface area contributed by atoms with Crippen LogP contribution in [-0.2, 0) is 6.18 Å². The molecule has 0 heterocycles. The number of rotatable bonds is 4. The third kappa shape index (κ3) is 5.10. The zero-order valence-electron chi connectivity index (χ0n) is 13.8. The van der Waals surface area contributed by atoms with Gasteiger partial charge in [-0.05, 0) is 66.7 Å². The Morgan fingerprint density at radius 2 is 1.44 bits per heavy atom. The van der Waals surface area contributed by atoms with Crippen molar-refractivity contribution in [2.24, 2.45) is 0 Å². The van der Waals surface area contributed by atoms with Crippen molar-refractivity contribution < 1.29 is 22.4 Å². The number of carbonyl (C=O) groups is 1. The second kappa shape index (κ2) is 7.84. The molecule has 0 aliphatic rings. The Morgan fingerprint density at radius 1 is 0.852 bits per heavy atom. The van der Waals surface area contributed by atoms with Crippen molar-refractivity contribution in [2.75, 3.05) is 5.32 Å². The Balaban J connectivity index is 1.67. The van der Waals surface area contributed by atoms with Crippen LogP contribution in [0.3, 0.4) is 0 Å². The van der Waals surface area contributed by atoms with Gasteiger partial charge in [-0.15, -0.1) is 0 Å². The molecule has 0 unspecified atom stereocenters. The summed E-state index contributed by atoms with van der Waals surface area (Å²) in [5.41, 5.74) is -0.489. The first kappa shape index (κ1) is 19.0. The summed E-state index contributed by atoms with van der Waals surface area (Å²) in [6.07, 6.45) is -4.50. The van der Waals surface area contributed by atoms with E-state index in [4.69, 9.17) is 0 Å². The van der Waals surface area contributed by atoms with Gasteiger partial charge in [-0.25, -0.2) is 4.39 Å². The summed E-state index contributed by atoms with van der Waals surface area (Å²) in [7, 11) is 0. The average Bonchev–Trinajstić information content (AvgIpc) is 2.64.